The van der Waals surface area contributed by atoms with E-state index >= 15 is 0 Å². The predicted octanol–water partition coefficient (Wildman–Crippen LogP) is 4.13. The van der Waals surface area contributed by atoms with Crippen molar-refractivity contribution in [3.63, 3.8) is 0 Å². The van der Waals surface area contributed by atoms with Gasteiger partial charge in [-0.2, -0.15) is 9.29 Å². The van der Waals surface area contributed by atoms with Gasteiger partial charge in [-0.1, -0.05) is 56.3 Å². The standard InChI is InChI=1S/C31H42N6O4S/c1-22-6-11-26(20-27(22)42(39,40)37-18-16-35(5)17-19-37)32-30(38)24-12-14-36(15-13-24)21-28-33-29(34-41-28)23-7-9-25(10-8-23)31(2,3)4/h6-11,20,24H,12-19,21H2,1-5H3,(H,32,38). The van der Waals surface area contributed by atoms with E-state index in [0.717, 1.165) is 18.7 Å². The second-order valence-electron chi connectivity index (χ2n) is 12.6. The summed E-state index contributed by atoms with van der Waals surface area (Å²) in [5.41, 5.74) is 3.43. The van der Waals surface area contributed by atoms with Gasteiger partial charge in [0.2, 0.25) is 27.6 Å². The Balaban J connectivity index is 1.15. The van der Waals surface area contributed by atoms with Crippen LogP contribution in [0.2, 0.25) is 0 Å². The third-order valence-electron chi connectivity index (χ3n) is 8.33. The summed E-state index contributed by atoms with van der Waals surface area (Å²) in [6.07, 6.45) is 1.39. The maximum atomic E-state index is 13.3. The van der Waals surface area contributed by atoms with E-state index in [4.69, 9.17) is 4.52 Å². The number of carbonyl (C=O) groups is 1. The van der Waals surface area contributed by atoms with E-state index in [2.05, 4.69) is 58.2 Å². The molecular formula is C31H42N6O4S. The first-order chi connectivity index (χ1) is 19.9. The molecule has 1 amide bonds. The lowest BCUT2D eigenvalue weighted by molar-refractivity contribution is -0.121. The Bertz CT molecular complexity index is 1500. The van der Waals surface area contributed by atoms with Crippen molar-refractivity contribution >= 4 is 21.6 Å². The van der Waals surface area contributed by atoms with Crippen LogP contribution in [0, 0.1) is 12.8 Å². The van der Waals surface area contributed by atoms with Crippen LogP contribution in [0.15, 0.2) is 51.9 Å². The van der Waals surface area contributed by atoms with E-state index in [9.17, 15) is 13.2 Å². The molecule has 1 aromatic heterocycles. The van der Waals surface area contributed by atoms with Gasteiger partial charge in [0.1, 0.15) is 0 Å². The van der Waals surface area contributed by atoms with Gasteiger partial charge in [-0.3, -0.25) is 9.69 Å². The van der Waals surface area contributed by atoms with E-state index in [1.54, 1.807) is 25.1 Å². The van der Waals surface area contributed by atoms with Crippen molar-refractivity contribution < 1.29 is 17.7 Å². The highest BCUT2D eigenvalue weighted by atomic mass is 32.2. The number of piperidine rings is 1. The number of rotatable bonds is 7. The minimum absolute atomic E-state index is 0.0816. The fourth-order valence-corrected chi connectivity index (χ4v) is 7.14. The van der Waals surface area contributed by atoms with Crippen LogP contribution >= 0.6 is 0 Å². The lowest BCUT2D eigenvalue weighted by Gasteiger charge is -2.32. The Labute approximate surface area is 249 Å². The van der Waals surface area contributed by atoms with E-state index < -0.39 is 10.0 Å². The van der Waals surface area contributed by atoms with Crippen LogP contribution in [0.1, 0.15) is 50.6 Å². The maximum Gasteiger partial charge on any atom is 0.243 e. The van der Waals surface area contributed by atoms with Gasteiger partial charge >= 0.3 is 0 Å². The van der Waals surface area contributed by atoms with Crippen LogP contribution in [0.3, 0.4) is 0 Å². The molecule has 2 aliphatic heterocycles. The zero-order valence-corrected chi connectivity index (χ0v) is 26.1. The van der Waals surface area contributed by atoms with Crippen molar-refractivity contribution in [1.82, 2.24) is 24.2 Å². The molecule has 0 spiro atoms. The van der Waals surface area contributed by atoms with Crippen molar-refractivity contribution in [2.24, 2.45) is 5.92 Å². The molecule has 0 radical (unpaired) electrons. The summed E-state index contributed by atoms with van der Waals surface area (Å²) in [5, 5.41) is 7.14. The van der Waals surface area contributed by atoms with Crippen LogP contribution in [0.25, 0.3) is 11.4 Å². The van der Waals surface area contributed by atoms with Crippen molar-refractivity contribution in [3.05, 3.63) is 59.5 Å². The molecular weight excluding hydrogens is 552 g/mol. The number of likely N-dealkylation sites (N-methyl/N-ethyl adjacent to an activating group) is 1. The molecule has 0 saturated carbocycles. The fraction of sp³-hybridized carbons (Fsp3) is 0.516. The summed E-state index contributed by atoms with van der Waals surface area (Å²) in [6, 6.07) is 13.4. The highest BCUT2D eigenvalue weighted by Gasteiger charge is 2.30. The molecule has 0 unspecified atom stereocenters. The highest BCUT2D eigenvalue weighted by Crippen LogP contribution is 2.28. The minimum Gasteiger partial charge on any atom is -0.338 e. The Morgan fingerprint density at radius 1 is 1.00 bits per heavy atom. The van der Waals surface area contributed by atoms with Gasteiger partial charge in [0, 0.05) is 43.3 Å². The number of likely N-dealkylation sites (tertiary alicyclic amines) is 1. The smallest absolute Gasteiger partial charge is 0.243 e. The van der Waals surface area contributed by atoms with Gasteiger partial charge in [0.05, 0.1) is 11.4 Å². The Kier molecular flexibility index (Phi) is 8.84. The van der Waals surface area contributed by atoms with E-state index in [0.29, 0.717) is 68.5 Å². The molecule has 2 fully saturated rings. The molecule has 11 heteroatoms. The third-order valence-corrected chi connectivity index (χ3v) is 10.4. The largest absolute Gasteiger partial charge is 0.338 e. The lowest BCUT2D eigenvalue weighted by atomic mass is 9.87. The van der Waals surface area contributed by atoms with Crippen molar-refractivity contribution in [1.29, 1.82) is 0 Å². The molecule has 0 atom stereocenters. The monoisotopic (exact) mass is 594 g/mol. The first-order valence-electron chi connectivity index (χ1n) is 14.7. The summed E-state index contributed by atoms with van der Waals surface area (Å²) in [5.74, 6) is 0.897. The number of piperazine rings is 1. The number of carbonyl (C=O) groups excluding carboxylic acids is 1. The Hall–Kier alpha value is -3.12. The number of nitrogens with zero attached hydrogens (tertiary/aromatic N) is 5. The molecule has 5 rings (SSSR count). The van der Waals surface area contributed by atoms with E-state index in [-0.39, 0.29) is 22.1 Å². The second-order valence-corrected chi connectivity index (χ2v) is 14.5. The molecule has 42 heavy (non-hydrogen) atoms. The molecule has 10 nitrogen and oxygen atoms in total. The zero-order chi connectivity index (χ0) is 30.1. The summed E-state index contributed by atoms with van der Waals surface area (Å²) >= 11 is 0. The van der Waals surface area contributed by atoms with Gasteiger partial charge in [-0.05, 0) is 68.6 Å². The second kappa shape index (κ2) is 12.2. The van der Waals surface area contributed by atoms with Crippen molar-refractivity contribution in [3.8, 4) is 11.4 Å². The van der Waals surface area contributed by atoms with Gasteiger partial charge in [0.15, 0.2) is 0 Å². The summed E-state index contributed by atoms with van der Waals surface area (Å²) in [4.78, 5) is 22.3. The van der Waals surface area contributed by atoms with Crippen LogP contribution in [-0.2, 0) is 26.8 Å². The lowest BCUT2D eigenvalue weighted by Crippen LogP contribution is -2.47. The first kappa shape index (κ1) is 30.3. The van der Waals surface area contributed by atoms with Crippen LogP contribution in [0.4, 0.5) is 5.69 Å². The molecule has 3 aromatic rings. The first-order valence-corrected chi connectivity index (χ1v) is 16.1. The molecule has 0 bridgehead atoms. The van der Waals surface area contributed by atoms with Crippen LogP contribution in [0.5, 0.6) is 0 Å². The number of aryl methyl sites for hydroxylation is 1. The van der Waals surface area contributed by atoms with Gasteiger partial charge < -0.3 is 14.7 Å². The summed E-state index contributed by atoms with van der Waals surface area (Å²) in [6.45, 7) is 12.7. The number of hydrogen-bond acceptors (Lipinski definition) is 8. The predicted molar refractivity (Wildman–Crippen MR) is 162 cm³/mol. The number of amides is 1. The maximum absolute atomic E-state index is 13.3. The molecule has 2 aliphatic rings. The molecule has 3 heterocycles. The number of sulfonamides is 1. The van der Waals surface area contributed by atoms with Gasteiger partial charge in [-0.25, -0.2) is 8.42 Å². The minimum atomic E-state index is -3.63. The van der Waals surface area contributed by atoms with Crippen LogP contribution < -0.4 is 5.32 Å². The van der Waals surface area contributed by atoms with E-state index in [1.165, 1.54) is 9.87 Å². The molecule has 1 N–H and O–H groups in total. The fourth-order valence-electron chi connectivity index (χ4n) is 5.47. The van der Waals surface area contributed by atoms with Gasteiger partial charge in [0.25, 0.3) is 0 Å². The average Bonchev–Trinajstić information content (AvgIpc) is 3.42. The number of benzene rings is 2. The van der Waals surface area contributed by atoms with E-state index in [1.807, 2.05) is 19.2 Å². The number of nitrogens with one attached hydrogen (secondary N) is 1. The number of hydrogen-bond donors (Lipinski definition) is 1. The number of aromatic nitrogens is 2. The van der Waals surface area contributed by atoms with Gasteiger partial charge in [-0.15, -0.1) is 0 Å². The summed E-state index contributed by atoms with van der Waals surface area (Å²) in [7, 11) is -1.64. The molecule has 2 aromatic carbocycles. The Morgan fingerprint density at radius 3 is 2.31 bits per heavy atom. The SMILES string of the molecule is Cc1ccc(NC(=O)C2CCN(Cc3nc(-c4ccc(C(C)(C)C)cc4)no3)CC2)cc1S(=O)(=O)N1CCN(C)CC1. The number of anilines is 1. The van der Waals surface area contributed by atoms with Crippen LogP contribution in [-0.4, -0.2) is 84.9 Å². The average molecular weight is 595 g/mol. The third kappa shape index (κ3) is 6.91. The molecule has 2 saturated heterocycles. The zero-order valence-electron chi connectivity index (χ0n) is 25.3. The summed E-state index contributed by atoms with van der Waals surface area (Å²) < 4.78 is 33.8. The molecule has 0 aliphatic carbocycles. The Morgan fingerprint density at radius 2 is 1.67 bits per heavy atom. The normalized spacial score (nSPS) is 18.3. The highest BCUT2D eigenvalue weighted by molar-refractivity contribution is 7.89. The molecule has 226 valence electrons. The quantitative estimate of drug-likeness (QED) is 0.435. The topological polar surface area (TPSA) is 112 Å². The van der Waals surface area contributed by atoms with Crippen molar-refractivity contribution in [2.45, 2.75) is 57.4 Å². The van der Waals surface area contributed by atoms with Crippen molar-refractivity contribution in [2.75, 3.05) is 51.6 Å².